The second kappa shape index (κ2) is 11.8. The predicted octanol–water partition coefficient (Wildman–Crippen LogP) is 6.75. The normalized spacial score (nSPS) is 12.8. The Labute approximate surface area is 256 Å². The number of hydrogen-bond donors (Lipinski definition) is 0. The molecule has 0 aliphatic carbocycles. The van der Waals surface area contributed by atoms with E-state index >= 15 is 0 Å². The van der Waals surface area contributed by atoms with Gasteiger partial charge in [-0.1, -0.05) is 12.1 Å². The Morgan fingerprint density at radius 1 is 0.500 bits per heavy atom. The van der Waals surface area contributed by atoms with Crippen LogP contribution >= 0.6 is 0 Å². The standard InChI is InChI=1S/C28H6F12N6O2/c29-25(30,31)13-1-3-15(17(5-13)27(35,36)37)19-21(47-23(45-19)11(7-41)8-42)22-20(46-24(48-22)12(9-43)10-44)16-4-2-14(26(32,33)34)6-18(16)28(38,39)40/h1-6H/b22-21+. The number of nitrogens with zero attached hydrogens (tertiary/aromatic N) is 6. The van der Waals surface area contributed by atoms with Crippen molar-refractivity contribution in [2.24, 2.45) is 0 Å². The number of rotatable bonds is 2. The molecule has 0 saturated carbocycles. The first kappa shape index (κ1) is 34.6. The lowest BCUT2D eigenvalue weighted by Crippen LogP contribution is -2.13. The van der Waals surface area contributed by atoms with Crippen LogP contribution in [0.2, 0.25) is 0 Å². The van der Waals surface area contributed by atoms with E-state index in [-0.39, 0.29) is 36.4 Å². The summed E-state index contributed by atoms with van der Waals surface area (Å²) in [6, 6.07) is 5.10. The zero-order valence-corrected chi connectivity index (χ0v) is 22.5. The molecule has 4 rings (SSSR count). The molecule has 20 heteroatoms. The quantitative estimate of drug-likeness (QED) is 0.210. The van der Waals surface area contributed by atoms with Crippen molar-refractivity contribution in [3.05, 3.63) is 80.6 Å². The molecule has 2 heterocycles. The summed E-state index contributed by atoms with van der Waals surface area (Å²) in [6.07, 6.45) is -21.8. The van der Waals surface area contributed by atoms with Gasteiger partial charge < -0.3 is 8.83 Å². The van der Waals surface area contributed by atoms with E-state index in [1.165, 1.54) is 24.3 Å². The first-order valence-electron chi connectivity index (χ1n) is 12.1. The summed E-state index contributed by atoms with van der Waals surface area (Å²) < 4.78 is 175. The van der Waals surface area contributed by atoms with Crippen LogP contribution in [-0.2, 0) is 24.7 Å². The van der Waals surface area contributed by atoms with E-state index < -0.39 is 103 Å². The summed E-state index contributed by atoms with van der Waals surface area (Å²) in [5.41, 5.74) is -19.6. The van der Waals surface area contributed by atoms with E-state index in [1.54, 1.807) is 0 Å². The predicted molar refractivity (Wildman–Crippen MR) is 130 cm³/mol. The van der Waals surface area contributed by atoms with Crippen LogP contribution in [0.5, 0.6) is 0 Å². The van der Waals surface area contributed by atoms with Crippen LogP contribution < -0.4 is 11.1 Å². The lowest BCUT2D eigenvalue weighted by atomic mass is 9.99. The summed E-state index contributed by atoms with van der Waals surface area (Å²) in [5, 5.41) is 37.1. The molecular weight excluding hydrogens is 680 g/mol. The minimum absolute atomic E-state index is 0.156. The van der Waals surface area contributed by atoms with Crippen molar-refractivity contribution < 1.29 is 61.5 Å². The van der Waals surface area contributed by atoms with Crippen LogP contribution in [0.15, 0.2) is 45.2 Å². The zero-order chi connectivity index (χ0) is 36.0. The van der Waals surface area contributed by atoms with Gasteiger partial charge in [0, 0.05) is 11.1 Å². The van der Waals surface area contributed by atoms with Crippen LogP contribution in [0, 0.1) is 56.2 Å². The molecule has 0 saturated heterocycles. The summed E-state index contributed by atoms with van der Waals surface area (Å²) in [7, 11) is 0. The first-order chi connectivity index (χ1) is 22.1. The van der Waals surface area contributed by atoms with E-state index in [2.05, 4.69) is 9.97 Å². The van der Waals surface area contributed by atoms with Gasteiger partial charge in [0.15, 0.2) is 11.1 Å². The van der Waals surface area contributed by atoms with Gasteiger partial charge in [0.2, 0.25) is 21.9 Å². The van der Waals surface area contributed by atoms with Gasteiger partial charge in [-0.25, -0.2) is 9.97 Å². The molecule has 244 valence electrons. The molecule has 0 amide bonds. The maximum absolute atomic E-state index is 14.1. The van der Waals surface area contributed by atoms with Gasteiger partial charge in [0.25, 0.3) is 0 Å². The third-order valence-electron chi connectivity index (χ3n) is 6.15. The number of nitriles is 4. The van der Waals surface area contributed by atoms with Crippen LogP contribution in [0.1, 0.15) is 22.3 Å². The van der Waals surface area contributed by atoms with E-state index in [0.717, 1.165) is 0 Å². The second-order valence-electron chi connectivity index (χ2n) is 9.10. The van der Waals surface area contributed by atoms with E-state index in [1.807, 2.05) is 0 Å². The highest BCUT2D eigenvalue weighted by Crippen LogP contribution is 2.43. The third-order valence-corrected chi connectivity index (χ3v) is 6.15. The van der Waals surface area contributed by atoms with E-state index in [9.17, 15) is 73.7 Å². The highest BCUT2D eigenvalue weighted by Gasteiger charge is 2.41. The van der Waals surface area contributed by atoms with Gasteiger partial charge >= 0.3 is 24.7 Å². The van der Waals surface area contributed by atoms with Crippen LogP contribution in [-0.4, -0.2) is 9.97 Å². The monoisotopic (exact) mass is 686 g/mol. The molecule has 0 bridgehead atoms. The molecule has 2 aromatic carbocycles. The van der Waals surface area contributed by atoms with Gasteiger partial charge in [0.05, 0.1) is 22.3 Å². The number of hydrogen-bond acceptors (Lipinski definition) is 8. The van der Waals surface area contributed by atoms with Gasteiger partial charge in [-0.2, -0.15) is 73.7 Å². The summed E-state index contributed by atoms with van der Waals surface area (Å²) in [4.78, 5) is 7.17. The molecule has 0 radical (unpaired) electrons. The molecule has 8 nitrogen and oxygen atoms in total. The number of halogens is 12. The Kier molecular flexibility index (Phi) is 8.52. The smallest absolute Gasteiger partial charge is 0.417 e. The van der Waals surface area contributed by atoms with E-state index in [0.29, 0.717) is 0 Å². The lowest BCUT2D eigenvalue weighted by molar-refractivity contribution is -0.144. The fraction of sp³-hybridized carbons (Fsp3) is 0.143. The Balaban J connectivity index is 2.39. The molecule has 0 spiro atoms. The number of alkyl halides is 12. The number of aromatic nitrogens is 2. The highest BCUT2D eigenvalue weighted by molar-refractivity contribution is 5.74. The van der Waals surface area contributed by atoms with Gasteiger partial charge in [-0.15, -0.1) is 0 Å². The van der Waals surface area contributed by atoms with Crippen molar-refractivity contribution in [3.63, 3.8) is 0 Å². The second-order valence-corrected chi connectivity index (χ2v) is 9.10. The molecule has 0 N–H and O–H groups in total. The zero-order valence-electron chi connectivity index (χ0n) is 22.5. The molecule has 0 atom stereocenters. The lowest BCUT2D eigenvalue weighted by Gasteiger charge is -2.15. The molecule has 2 aromatic heterocycles. The largest absolute Gasteiger partial charge is 0.431 e. The summed E-state index contributed by atoms with van der Waals surface area (Å²) in [5.74, 6) is 0. The molecule has 0 fully saturated rings. The van der Waals surface area contributed by atoms with Crippen LogP contribution in [0.25, 0.3) is 33.7 Å². The highest BCUT2D eigenvalue weighted by atomic mass is 19.4. The molecule has 0 aliphatic rings. The van der Waals surface area contributed by atoms with Crippen molar-refractivity contribution in [1.29, 1.82) is 21.0 Å². The summed E-state index contributed by atoms with van der Waals surface area (Å²) in [6.45, 7) is 0. The molecule has 4 aromatic rings. The molecule has 0 unspecified atom stereocenters. The molecule has 48 heavy (non-hydrogen) atoms. The van der Waals surface area contributed by atoms with Gasteiger partial charge in [0.1, 0.15) is 35.7 Å². The number of oxazole rings is 2. The van der Waals surface area contributed by atoms with Crippen LogP contribution in [0.3, 0.4) is 0 Å². The summed E-state index contributed by atoms with van der Waals surface area (Å²) >= 11 is 0. The van der Waals surface area contributed by atoms with Crippen molar-refractivity contribution in [3.8, 4) is 46.8 Å². The molecular formula is C28H6F12N6O2. The van der Waals surface area contributed by atoms with E-state index in [4.69, 9.17) is 8.83 Å². The van der Waals surface area contributed by atoms with Crippen molar-refractivity contribution in [2.45, 2.75) is 24.7 Å². The average Bonchev–Trinajstić information content (AvgIpc) is 3.61. The Hall–Kier alpha value is -6.28. The Morgan fingerprint density at radius 2 is 0.812 bits per heavy atom. The fourth-order valence-corrected chi connectivity index (χ4v) is 4.09. The topological polar surface area (TPSA) is 147 Å². The van der Waals surface area contributed by atoms with Crippen molar-refractivity contribution in [1.82, 2.24) is 9.97 Å². The maximum Gasteiger partial charge on any atom is 0.417 e. The third kappa shape index (κ3) is 6.50. The van der Waals surface area contributed by atoms with Gasteiger partial charge in [-0.05, 0) is 24.3 Å². The van der Waals surface area contributed by atoms with Crippen molar-refractivity contribution in [2.75, 3.05) is 0 Å². The average molecular weight is 686 g/mol. The Morgan fingerprint density at radius 3 is 1.06 bits per heavy atom. The van der Waals surface area contributed by atoms with Crippen molar-refractivity contribution >= 4 is 11.1 Å². The van der Waals surface area contributed by atoms with Crippen LogP contribution in [0.4, 0.5) is 52.7 Å². The first-order valence-corrected chi connectivity index (χ1v) is 12.1. The minimum Gasteiger partial charge on any atom is -0.431 e. The maximum atomic E-state index is 14.1. The van der Waals surface area contributed by atoms with Gasteiger partial charge in [-0.3, -0.25) is 0 Å². The fourth-order valence-electron chi connectivity index (χ4n) is 4.09. The minimum atomic E-state index is -5.60. The Bertz CT molecular complexity index is 2150. The SMILES string of the molecule is N#CC(C#N)=c1nc(-c2ccc(C(F)(F)F)cc2C(F)(F)F)/c(=c2\oc(=C(C#N)C#N)nc2-c2ccc(C(F)(F)F)cc2C(F)(F)F)o1. The number of benzene rings is 2. The molecule has 0 aliphatic heterocycles.